The maximum absolute atomic E-state index is 12.2. The van der Waals surface area contributed by atoms with Gasteiger partial charge < -0.3 is 28.7 Å². The number of rotatable bonds is 17. The molecule has 8 nitrogen and oxygen atoms in total. The number of unbranched alkanes of at least 4 members (excludes halogenated alkanes) is 2. The molecule has 0 saturated heterocycles. The summed E-state index contributed by atoms with van der Waals surface area (Å²) in [5.41, 5.74) is 0. The van der Waals surface area contributed by atoms with Gasteiger partial charge in [-0.15, -0.1) is 0 Å². The summed E-state index contributed by atoms with van der Waals surface area (Å²) in [5, 5.41) is 3.05. The van der Waals surface area contributed by atoms with Gasteiger partial charge in [0.1, 0.15) is 6.04 Å². The summed E-state index contributed by atoms with van der Waals surface area (Å²) in [7, 11) is 2.12. The van der Waals surface area contributed by atoms with Gasteiger partial charge in [0.25, 0.3) is 0 Å². The molecule has 0 rings (SSSR count). The van der Waals surface area contributed by atoms with E-state index in [9.17, 15) is 9.59 Å². The Morgan fingerprint density at radius 2 is 1.69 bits per heavy atom. The van der Waals surface area contributed by atoms with E-state index in [1.807, 2.05) is 13.8 Å². The van der Waals surface area contributed by atoms with Crippen LogP contribution in [0, 0.1) is 0 Å². The molecule has 2 atom stereocenters. The van der Waals surface area contributed by atoms with Crippen molar-refractivity contribution in [1.29, 1.82) is 0 Å². The molecule has 0 aromatic carbocycles. The zero-order valence-electron chi connectivity index (χ0n) is 16.6. The molecular weight excluding hydrogens is 358 g/mol. The minimum Gasteiger partial charge on any atom is -0.466 e. The molecule has 0 amide bonds. The summed E-state index contributed by atoms with van der Waals surface area (Å²) in [5.74, 6) is -0.833. The van der Waals surface area contributed by atoms with Crippen LogP contribution in [-0.4, -0.2) is 74.2 Å². The maximum Gasteiger partial charge on any atom is 0.323 e. The van der Waals surface area contributed by atoms with Gasteiger partial charge in [-0.05, 0) is 12.8 Å². The van der Waals surface area contributed by atoms with Gasteiger partial charge in [0.05, 0.1) is 26.2 Å². The summed E-state index contributed by atoms with van der Waals surface area (Å²) in [6.45, 7) is 5.10. The van der Waals surface area contributed by atoms with Gasteiger partial charge in [0.15, 0.2) is 16.1 Å². The molecule has 0 aromatic heterocycles. The monoisotopic (exact) mass is 393 g/mol. The van der Waals surface area contributed by atoms with Crippen LogP contribution in [0.1, 0.15) is 46.0 Å². The first-order chi connectivity index (χ1) is 12.6. The number of hydrogen-bond acceptors (Lipinski definition) is 8. The van der Waals surface area contributed by atoms with E-state index in [0.717, 1.165) is 25.7 Å². The first-order valence-corrected chi connectivity index (χ1v) is 10.9. The minimum atomic E-state index is -0.995. The van der Waals surface area contributed by atoms with Crippen molar-refractivity contribution in [3.05, 3.63) is 0 Å². The molecule has 1 N–H and O–H groups in total. The lowest BCUT2D eigenvalue weighted by atomic mass is 10.2. The highest BCUT2D eigenvalue weighted by Gasteiger charge is 2.24. The lowest BCUT2D eigenvalue weighted by Gasteiger charge is -2.19. The van der Waals surface area contributed by atoms with Gasteiger partial charge in [-0.2, -0.15) is 0 Å². The third-order valence-corrected chi connectivity index (χ3v) is 4.62. The standard InChI is InChI=1S/C17H35NO7Si/c1-5-7-9-23-15(19)11-14(17(20)24-10-8-6-2)18-13-26-25-16(22-4)12-21-3/h14,16,18H,5-13,26H2,1-4H3. The second-order valence-electron chi connectivity index (χ2n) is 5.80. The Balaban J connectivity index is 4.38. The quantitative estimate of drug-likeness (QED) is 0.167. The highest BCUT2D eigenvalue weighted by Crippen LogP contribution is 2.02. The van der Waals surface area contributed by atoms with E-state index >= 15 is 0 Å². The van der Waals surface area contributed by atoms with Crippen LogP contribution in [0.2, 0.25) is 0 Å². The molecule has 0 fully saturated rings. The van der Waals surface area contributed by atoms with E-state index in [0.29, 0.717) is 26.0 Å². The lowest BCUT2D eigenvalue weighted by molar-refractivity contribution is -0.152. The SMILES string of the molecule is CCCCOC(=O)CC(NC[SiH2]OC(COC)OC)C(=O)OCCCC. The van der Waals surface area contributed by atoms with E-state index < -0.39 is 34.0 Å². The molecule has 0 bridgehead atoms. The van der Waals surface area contributed by atoms with Crippen LogP contribution in [0.3, 0.4) is 0 Å². The Labute approximate surface area is 159 Å². The van der Waals surface area contributed by atoms with E-state index in [4.69, 9.17) is 23.4 Å². The maximum atomic E-state index is 12.2. The van der Waals surface area contributed by atoms with Crippen molar-refractivity contribution in [3.8, 4) is 0 Å². The largest absolute Gasteiger partial charge is 0.466 e. The van der Waals surface area contributed by atoms with E-state index in [1.54, 1.807) is 14.2 Å². The number of methoxy groups -OCH3 is 2. The van der Waals surface area contributed by atoms with Gasteiger partial charge >= 0.3 is 11.9 Å². The van der Waals surface area contributed by atoms with Gasteiger partial charge in [-0.3, -0.25) is 9.59 Å². The summed E-state index contributed by atoms with van der Waals surface area (Å²) >= 11 is 0. The van der Waals surface area contributed by atoms with Gasteiger partial charge in [0, 0.05) is 20.4 Å². The van der Waals surface area contributed by atoms with Crippen molar-refractivity contribution in [2.45, 2.75) is 58.3 Å². The number of carbonyl (C=O) groups is 2. The Morgan fingerprint density at radius 1 is 1.04 bits per heavy atom. The van der Waals surface area contributed by atoms with Crippen molar-refractivity contribution in [1.82, 2.24) is 5.32 Å². The molecule has 9 heteroatoms. The van der Waals surface area contributed by atoms with Crippen molar-refractivity contribution in [3.63, 3.8) is 0 Å². The van der Waals surface area contributed by atoms with E-state index in [-0.39, 0.29) is 6.42 Å². The molecule has 2 unspecified atom stereocenters. The van der Waals surface area contributed by atoms with Crippen LogP contribution in [0.4, 0.5) is 0 Å². The van der Waals surface area contributed by atoms with Crippen molar-refractivity contribution in [2.24, 2.45) is 0 Å². The molecule has 0 spiro atoms. The smallest absolute Gasteiger partial charge is 0.323 e. The fourth-order valence-electron chi connectivity index (χ4n) is 1.96. The fraction of sp³-hybridized carbons (Fsp3) is 0.882. The first kappa shape index (κ1) is 25.0. The molecule has 0 radical (unpaired) electrons. The van der Waals surface area contributed by atoms with Crippen molar-refractivity contribution in [2.75, 3.05) is 40.2 Å². The Bertz CT molecular complexity index is 371. The predicted octanol–water partition coefficient (Wildman–Crippen LogP) is 0.698. The Morgan fingerprint density at radius 3 is 2.27 bits per heavy atom. The molecule has 0 aliphatic carbocycles. The summed E-state index contributed by atoms with van der Waals surface area (Å²) in [6, 6.07) is -0.722. The van der Waals surface area contributed by atoms with Crippen LogP contribution in [0.15, 0.2) is 0 Å². The van der Waals surface area contributed by atoms with E-state index in [2.05, 4.69) is 5.32 Å². The van der Waals surface area contributed by atoms with E-state index in [1.165, 1.54) is 0 Å². The van der Waals surface area contributed by atoms with Crippen LogP contribution in [-0.2, 0) is 33.0 Å². The summed E-state index contributed by atoms with van der Waals surface area (Å²) in [6.07, 6.45) is 3.52. The highest BCUT2D eigenvalue weighted by atomic mass is 28.2. The van der Waals surface area contributed by atoms with Gasteiger partial charge in [-0.1, -0.05) is 26.7 Å². The lowest BCUT2D eigenvalue weighted by Crippen LogP contribution is -2.43. The molecule has 26 heavy (non-hydrogen) atoms. The second-order valence-corrected chi connectivity index (χ2v) is 7.04. The average Bonchev–Trinajstić information content (AvgIpc) is 2.63. The molecule has 0 heterocycles. The molecular formula is C17H35NO7Si. The zero-order valence-corrected chi connectivity index (χ0v) is 18.0. The Kier molecular flexibility index (Phi) is 16.7. The third kappa shape index (κ3) is 13.2. The second kappa shape index (κ2) is 17.4. The number of hydrogen-bond donors (Lipinski definition) is 1. The number of nitrogens with one attached hydrogen (secondary N) is 1. The summed E-state index contributed by atoms with van der Waals surface area (Å²) in [4.78, 5) is 24.1. The first-order valence-electron chi connectivity index (χ1n) is 9.27. The normalized spacial score (nSPS) is 13.7. The van der Waals surface area contributed by atoms with Crippen molar-refractivity contribution >= 4 is 21.7 Å². The third-order valence-electron chi connectivity index (χ3n) is 3.52. The van der Waals surface area contributed by atoms with Gasteiger partial charge in [-0.25, -0.2) is 0 Å². The van der Waals surface area contributed by atoms with Crippen LogP contribution in [0.5, 0.6) is 0 Å². The number of carbonyl (C=O) groups excluding carboxylic acids is 2. The van der Waals surface area contributed by atoms with Crippen LogP contribution in [0.25, 0.3) is 0 Å². The molecule has 0 aliphatic rings. The molecule has 154 valence electrons. The van der Waals surface area contributed by atoms with Crippen molar-refractivity contribution < 1.29 is 33.0 Å². The zero-order chi connectivity index (χ0) is 19.6. The predicted molar refractivity (Wildman–Crippen MR) is 100 cm³/mol. The average molecular weight is 394 g/mol. The van der Waals surface area contributed by atoms with Crippen LogP contribution >= 0.6 is 0 Å². The Hall–Kier alpha value is -1.00. The molecule has 0 aliphatic heterocycles. The number of esters is 2. The number of ether oxygens (including phenoxy) is 4. The highest BCUT2D eigenvalue weighted by molar-refractivity contribution is 6.27. The molecule has 0 saturated carbocycles. The topological polar surface area (TPSA) is 92.3 Å². The minimum absolute atomic E-state index is 0.0468. The summed E-state index contributed by atoms with van der Waals surface area (Å²) < 4.78 is 26.1. The molecule has 0 aromatic rings. The fourth-order valence-corrected chi connectivity index (χ4v) is 3.04. The van der Waals surface area contributed by atoms with Gasteiger partial charge in [0.2, 0.25) is 0 Å². The van der Waals surface area contributed by atoms with Crippen LogP contribution < -0.4 is 5.32 Å².